The highest BCUT2D eigenvalue weighted by Crippen LogP contribution is 2.22. The Bertz CT molecular complexity index is 637. The number of likely N-dealkylation sites (tertiary alicyclic amines) is 1. The molecule has 0 bridgehead atoms. The van der Waals surface area contributed by atoms with Crippen molar-refractivity contribution in [2.24, 2.45) is 7.05 Å². The number of rotatable bonds is 4. The van der Waals surface area contributed by atoms with E-state index in [0.717, 1.165) is 42.5 Å². The van der Waals surface area contributed by atoms with Gasteiger partial charge >= 0.3 is 0 Å². The monoisotopic (exact) mass is 317 g/mol. The van der Waals surface area contributed by atoms with Crippen LogP contribution in [-0.4, -0.2) is 49.4 Å². The van der Waals surface area contributed by atoms with Crippen molar-refractivity contribution >= 4 is 17.7 Å². The van der Waals surface area contributed by atoms with Gasteiger partial charge in [-0.2, -0.15) is 0 Å². The van der Waals surface area contributed by atoms with Gasteiger partial charge in [0.05, 0.1) is 5.75 Å². The van der Waals surface area contributed by atoms with Crippen LogP contribution in [0.1, 0.15) is 19.3 Å². The molecule has 3 heterocycles. The van der Waals surface area contributed by atoms with E-state index < -0.39 is 0 Å². The van der Waals surface area contributed by atoms with E-state index in [9.17, 15) is 4.79 Å². The molecule has 116 valence electrons. The van der Waals surface area contributed by atoms with Gasteiger partial charge in [0.1, 0.15) is 0 Å². The molecule has 0 aromatic carbocycles. The Labute approximate surface area is 133 Å². The molecule has 0 spiro atoms. The minimum Gasteiger partial charge on any atom is -0.342 e. The van der Waals surface area contributed by atoms with Crippen LogP contribution >= 0.6 is 11.8 Å². The third kappa shape index (κ3) is 3.30. The van der Waals surface area contributed by atoms with Crippen molar-refractivity contribution in [2.45, 2.75) is 24.4 Å². The molecule has 7 heteroatoms. The fourth-order valence-electron chi connectivity index (χ4n) is 2.55. The van der Waals surface area contributed by atoms with E-state index in [-0.39, 0.29) is 5.91 Å². The lowest BCUT2D eigenvalue weighted by molar-refractivity contribution is -0.129. The molecule has 1 amide bonds. The van der Waals surface area contributed by atoms with E-state index in [1.807, 2.05) is 28.6 Å². The van der Waals surface area contributed by atoms with Gasteiger partial charge in [-0.25, -0.2) is 0 Å². The van der Waals surface area contributed by atoms with Gasteiger partial charge in [-0.1, -0.05) is 11.8 Å². The van der Waals surface area contributed by atoms with Gasteiger partial charge in [-0.3, -0.25) is 9.78 Å². The largest absolute Gasteiger partial charge is 0.342 e. The van der Waals surface area contributed by atoms with Crippen molar-refractivity contribution in [1.29, 1.82) is 0 Å². The Morgan fingerprint density at radius 1 is 1.18 bits per heavy atom. The van der Waals surface area contributed by atoms with Crippen LogP contribution in [0.15, 0.2) is 29.7 Å². The van der Waals surface area contributed by atoms with Crippen LogP contribution in [-0.2, 0) is 11.8 Å². The Morgan fingerprint density at radius 3 is 2.64 bits per heavy atom. The zero-order chi connectivity index (χ0) is 15.4. The third-order valence-corrected chi connectivity index (χ3v) is 4.81. The number of amides is 1. The van der Waals surface area contributed by atoms with Crippen molar-refractivity contribution < 1.29 is 4.79 Å². The van der Waals surface area contributed by atoms with Gasteiger partial charge in [-0.15, -0.1) is 10.2 Å². The lowest BCUT2D eigenvalue weighted by Gasteiger charge is -2.26. The van der Waals surface area contributed by atoms with Crippen LogP contribution < -0.4 is 0 Å². The first-order valence-electron chi connectivity index (χ1n) is 7.46. The van der Waals surface area contributed by atoms with E-state index in [0.29, 0.717) is 5.75 Å². The molecule has 0 N–H and O–H groups in total. The zero-order valence-electron chi connectivity index (χ0n) is 12.6. The third-order valence-electron chi connectivity index (χ3n) is 3.81. The van der Waals surface area contributed by atoms with Crippen molar-refractivity contribution in [2.75, 3.05) is 18.8 Å². The first-order chi connectivity index (χ1) is 10.8. The lowest BCUT2D eigenvalue weighted by atomic mass is 10.1. The summed E-state index contributed by atoms with van der Waals surface area (Å²) in [6, 6.07) is 3.80. The maximum absolute atomic E-state index is 12.2. The smallest absolute Gasteiger partial charge is 0.233 e. The Morgan fingerprint density at radius 2 is 1.91 bits per heavy atom. The molecule has 0 aliphatic carbocycles. The average Bonchev–Trinajstić information content (AvgIpc) is 2.95. The lowest BCUT2D eigenvalue weighted by Crippen LogP contribution is -2.36. The summed E-state index contributed by atoms with van der Waals surface area (Å²) >= 11 is 1.45. The van der Waals surface area contributed by atoms with Gasteiger partial charge in [0.15, 0.2) is 11.0 Å². The van der Waals surface area contributed by atoms with Gasteiger partial charge in [0, 0.05) is 38.1 Å². The Balaban J connectivity index is 1.64. The summed E-state index contributed by atoms with van der Waals surface area (Å²) in [6.07, 6.45) is 6.93. The average molecular weight is 317 g/mol. The number of hydrogen-bond donors (Lipinski definition) is 0. The summed E-state index contributed by atoms with van der Waals surface area (Å²) in [4.78, 5) is 18.2. The summed E-state index contributed by atoms with van der Waals surface area (Å²) in [5.41, 5.74) is 0.971. The number of nitrogens with zero attached hydrogens (tertiary/aromatic N) is 5. The first-order valence-corrected chi connectivity index (χ1v) is 8.44. The number of hydrogen-bond acceptors (Lipinski definition) is 5. The number of piperidine rings is 1. The molecular weight excluding hydrogens is 298 g/mol. The summed E-state index contributed by atoms with van der Waals surface area (Å²) in [7, 11) is 1.92. The molecule has 1 aliphatic rings. The Hall–Kier alpha value is -1.89. The van der Waals surface area contributed by atoms with E-state index in [1.165, 1.54) is 18.2 Å². The molecule has 0 unspecified atom stereocenters. The molecule has 1 saturated heterocycles. The molecule has 22 heavy (non-hydrogen) atoms. The molecule has 0 atom stereocenters. The SMILES string of the molecule is Cn1c(SCC(=O)N2CCCCC2)nnc1-c1ccncc1. The fraction of sp³-hybridized carbons (Fsp3) is 0.467. The van der Waals surface area contributed by atoms with Gasteiger partial charge in [-0.05, 0) is 31.4 Å². The van der Waals surface area contributed by atoms with Gasteiger partial charge in [0.2, 0.25) is 5.91 Å². The minimum absolute atomic E-state index is 0.193. The molecule has 2 aromatic heterocycles. The fourth-order valence-corrected chi connectivity index (χ4v) is 3.37. The zero-order valence-corrected chi connectivity index (χ0v) is 13.4. The minimum atomic E-state index is 0.193. The van der Waals surface area contributed by atoms with Gasteiger partial charge in [0.25, 0.3) is 0 Å². The van der Waals surface area contributed by atoms with Crippen LogP contribution in [0, 0.1) is 0 Å². The molecule has 3 rings (SSSR count). The topological polar surface area (TPSA) is 63.9 Å². The summed E-state index contributed by atoms with van der Waals surface area (Å²) in [5, 5.41) is 9.17. The quantitative estimate of drug-likeness (QED) is 0.807. The van der Waals surface area contributed by atoms with Crippen LogP contribution in [0.5, 0.6) is 0 Å². The molecule has 0 radical (unpaired) electrons. The van der Waals surface area contributed by atoms with Crippen molar-refractivity contribution in [3.8, 4) is 11.4 Å². The summed E-state index contributed by atoms with van der Waals surface area (Å²) in [5.74, 6) is 1.40. The van der Waals surface area contributed by atoms with Crippen molar-refractivity contribution in [3.05, 3.63) is 24.5 Å². The maximum Gasteiger partial charge on any atom is 0.233 e. The number of aromatic nitrogens is 4. The van der Waals surface area contributed by atoms with Crippen LogP contribution in [0.3, 0.4) is 0 Å². The number of carbonyl (C=O) groups excluding carboxylic acids is 1. The summed E-state index contributed by atoms with van der Waals surface area (Å²) in [6.45, 7) is 1.78. The standard InChI is InChI=1S/C15H19N5OS/c1-19-14(12-5-7-16-8-6-12)17-18-15(19)22-11-13(21)20-9-3-2-4-10-20/h5-8H,2-4,9-11H2,1H3. The number of carbonyl (C=O) groups is 1. The second-order valence-corrected chi connectivity index (χ2v) is 6.27. The predicted molar refractivity (Wildman–Crippen MR) is 85.4 cm³/mol. The summed E-state index contributed by atoms with van der Waals surface area (Å²) < 4.78 is 1.92. The highest BCUT2D eigenvalue weighted by atomic mass is 32.2. The molecule has 0 saturated carbocycles. The van der Waals surface area contributed by atoms with Gasteiger partial charge < -0.3 is 9.47 Å². The number of thioether (sulfide) groups is 1. The van der Waals surface area contributed by atoms with Crippen LogP contribution in [0.25, 0.3) is 11.4 Å². The van der Waals surface area contributed by atoms with E-state index in [1.54, 1.807) is 12.4 Å². The normalized spacial score (nSPS) is 15.0. The second-order valence-electron chi connectivity index (χ2n) is 5.33. The number of pyridine rings is 1. The van der Waals surface area contributed by atoms with E-state index in [4.69, 9.17) is 0 Å². The van der Waals surface area contributed by atoms with E-state index in [2.05, 4.69) is 15.2 Å². The van der Waals surface area contributed by atoms with Crippen LogP contribution in [0.2, 0.25) is 0 Å². The Kier molecular flexibility index (Phi) is 4.72. The highest BCUT2D eigenvalue weighted by molar-refractivity contribution is 7.99. The highest BCUT2D eigenvalue weighted by Gasteiger charge is 2.18. The van der Waals surface area contributed by atoms with E-state index >= 15 is 0 Å². The molecular formula is C15H19N5OS. The first kappa shape index (κ1) is 15.0. The van der Waals surface area contributed by atoms with Crippen LogP contribution in [0.4, 0.5) is 0 Å². The molecule has 1 fully saturated rings. The molecule has 6 nitrogen and oxygen atoms in total. The van der Waals surface area contributed by atoms with Crippen molar-refractivity contribution in [3.63, 3.8) is 0 Å². The molecule has 2 aromatic rings. The maximum atomic E-state index is 12.2. The predicted octanol–water partition coefficient (Wildman–Crippen LogP) is 1.98. The van der Waals surface area contributed by atoms with Crippen molar-refractivity contribution in [1.82, 2.24) is 24.6 Å². The molecule has 1 aliphatic heterocycles. The second kappa shape index (κ2) is 6.91.